The van der Waals surface area contributed by atoms with E-state index in [9.17, 15) is 13.6 Å². The van der Waals surface area contributed by atoms with Gasteiger partial charge in [-0.2, -0.15) is 0 Å². The highest BCUT2D eigenvalue weighted by molar-refractivity contribution is 5.83. The molecule has 2 N–H and O–H groups in total. The van der Waals surface area contributed by atoms with Crippen LogP contribution in [0.5, 0.6) is 0 Å². The maximum absolute atomic E-state index is 13.7. The molecule has 110 valence electrons. The van der Waals surface area contributed by atoms with Crippen LogP contribution in [0.25, 0.3) is 0 Å². The first-order valence-corrected chi connectivity index (χ1v) is 6.90. The first kappa shape index (κ1) is 14.9. The summed E-state index contributed by atoms with van der Waals surface area (Å²) in [5.74, 6) is -1.44. The summed E-state index contributed by atoms with van der Waals surface area (Å²) >= 11 is 0. The molecule has 5 heteroatoms. The Labute approximate surface area is 117 Å². The molecule has 2 rings (SSSR count). The highest BCUT2D eigenvalue weighted by atomic mass is 19.1. The molecule has 3 nitrogen and oxygen atoms in total. The van der Waals surface area contributed by atoms with Crippen molar-refractivity contribution in [2.45, 2.75) is 32.7 Å². The Morgan fingerprint density at radius 3 is 2.60 bits per heavy atom. The van der Waals surface area contributed by atoms with E-state index < -0.39 is 23.1 Å². The number of halogens is 2. The van der Waals surface area contributed by atoms with E-state index in [0.717, 1.165) is 19.4 Å². The molecule has 0 saturated carbocycles. The van der Waals surface area contributed by atoms with Crippen LogP contribution in [0, 0.1) is 17.0 Å². The van der Waals surface area contributed by atoms with Crippen molar-refractivity contribution in [1.82, 2.24) is 10.6 Å². The Morgan fingerprint density at radius 2 is 2.05 bits per heavy atom. The molecule has 1 aliphatic rings. The zero-order valence-corrected chi connectivity index (χ0v) is 11.8. The third-order valence-electron chi connectivity index (χ3n) is 3.93. The van der Waals surface area contributed by atoms with Crippen molar-refractivity contribution in [3.63, 3.8) is 0 Å². The highest BCUT2D eigenvalue weighted by Crippen LogP contribution is 2.28. The Kier molecular flexibility index (Phi) is 4.38. The molecular formula is C15H20F2N2O. The molecule has 1 amide bonds. The minimum atomic E-state index is -0.692. The summed E-state index contributed by atoms with van der Waals surface area (Å²) in [5.41, 5.74) is -0.609. The van der Waals surface area contributed by atoms with Crippen LogP contribution >= 0.6 is 0 Å². The summed E-state index contributed by atoms with van der Waals surface area (Å²) in [5, 5.41) is 5.91. The number of hydrogen-bond acceptors (Lipinski definition) is 2. The number of carbonyl (C=O) groups is 1. The molecular weight excluding hydrogens is 262 g/mol. The summed E-state index contributed by atoms with van der Waals surface area (Å²) in [6.45, 7) is 4.96. The van der Waals surface area contributed by atoms with Gasteiger partial charge in [0.15, 0.2) is 0 Å². The molecule has 1 aromatic rings. The number of hydrogen-bond donors (Lipinski definition) is 2. The van der Waals surface area contributed by atoms with Gasteiger partial charge >= 0.3 is 0 Å². The van der Waals surface area contributed by atoms with Gasteiger partial charge in [-0.05, 0) is 45.4 Å². The Balaban J connectivity index is 2.11. The molecule has 0 radical (unpaired) electrons. The molecule has 1 saturated heterocycles. The zero-order chi connectivity index (χ0) is 14.8. The van der Waals surface area contributed by atoms with Gasteiger partial charge in [0, 0.05) is 12.1 Å². The molecule has 0 bridgehead atoms. The van der Waals surface area contributed by atoms with E-state index in [1.165, 1.54) is 18.2 Å². The lowest BCUT2D eigenvalue weighted by Gasteiger charge is -2.33. The van der Waals surface area contributed by atoms with Crippen LogP contribution in [-0.2, 0) is 4.79 Å². The second-order valence-corrected chi connectivity index (χ2v) is 5.67. The van der Waals surface area contributed by atoms with Gasteiger partial charge in [-0.1, -0.05) is 6.07 Å². The van der Waals surface area contributed by atoms with Gasteiger partial charge in [-0.25, -0.2) is 8.78 Å². The predicted molar refractivity (Wildman–Crippen MR) is 73.1 cm³/mol. The standard InChI is InChI=1S/C15H20F2N2O/c1-10(13-11(16)5-3-6-12(13)17)19-14(20)15(2)7-4-8-18-9-15/h3,5-6,10,18H,4,7-9H2,1-2H3,(H,19,20). The largest absolute Gasteiger partial charge is 0.349 e. The number of benzene rings is 1. The van der Waals surface area contributed by atoms with Crippen molar-refractivity contribution in [3.8, 4) is 0 Å². The van der Waals surface area contributed by atoms with Crippen molar-refractivity contribution in [1.29, 1.82) is 0 Å². The van der Waals surface area contributed by atoms with Crippen LogP contribution in [0.3, 0.4) is 0 Å². The van der Waals surface area contributed by atoms with E-state index >= 15 is 0 Å². The van der Waals surface area contributed by atoms with E-state index in [1.807, 2.05) is 6.92 Å². The highest BCUT2D eigenvalue weighted by Gasteiger charge is 2.35. The second-order valence-electron chi connectivity index (χ2n) is 5.67. The van der Waals surface area contributed by atoms with Crippen LogP contribution in [-0.4, -0.2) is 19.0 Å². The SMILES string of the molecule is CC(NC(=O)C1(C)CCCNC1)c1c(F)cccc1F. The smallest absolute Gasteiger partial charge is 0.227 e. The van der Waals surface area contributed by atoms with E-state index in [2.05, 4.69) is 10.6 Å². The number of nitrogens with one attached hydrogen (secondary N) is 2. The lowest BCUT2D eigenvalue weighted by molar-refractivity contribution is -0.131. The number of rotatable bonds is 3. The minimum Gasteiger partial charge on any atom is -0.349 e. The van der Waals surface area contributed by atoms with Crippen LogP contribution in [0.15, 0.2) is 18.2 Å². The van der Waals surface area contributed by atoms with Crippen LogP contribution < -0.4 is 10.6 Å². The molecule has 2 unspecified atom stereocenters. The summed E-state index contributed by atoms with van der Waals surface area (Å²) in [7, 11) is 0. The normalized spacial score (nSPS) is 24.2. The maximum atomic E-state index is 13.7. The van der Waals surface area contributed by atoms with Crippen molar-refractivity contribution in [3.05, 3.63) is 35.4 Å². The van der Waals surface area contributed by atoms with Crippen LogP contribution in [0.2, 0.25) is 0 Å². The van der Waals surface area contributed by atoms with Crippen LogP contribution in [0.1, 0.15) is 38.3 Å². The topological polar surface area (TPSA) is 41.1 Å². The van der Waals surface area contributed by atoms with Gasteiger partial charge in [0.2, 0.25) is 5.91 Å². The molecule has 0 spiro atoms. The Bertz CT molecular complexity index is 478. The van der Waals surface area contributed by atoms with Gasteiger partial charge < -0.3 is 10.6 Å². The Hall–Kier alpha value is -1.49. The van der Waals surface area contributed by atoms with Crippen molar-refractivity contribution < 1.29 is 13.6 Å². The summed E-state index contributed by atoms with van der Waals surface area (Å²) in [4.78, 5) is 12.3. The van der Waals surface area contributed by atoms with Gasteiger partial charge in [-0.15, -0.1) is 0 Å². The monoisotopic (exact) mass is 282 g/mol. The van der Waals surface area contributed by atoms with E-state index in [4.69, 9.17) is 0 Å². The zero-order valence-electron chi connectivity index (χ0n) is 11.8. The molecule has 1 heterocycles. The molecule has 0 aromatic heterocycles. The quantitative estimate of drug-likeness (QED) is 0.894. The van der Waals surface area contributed by atoms with Gasteiger partial charge in [0.1, 0.15) is 11.6 Å². The third kappa shape index (κ3) is 2.98. The van der Waals surface area contributed by atoms with Crippen molar-refractivity contribution in [2.24, 2.45) is 5.41 Å². The fourth-order valence-electron chi connectivity index (χ4n) is 2.62. The molecule has 0 aliphatic carbocycles. The third-order valence-corrected chi connectivity index (χ3v) is 3.93. The number of piperidine rings is 1. The van der Waals surface area contributed by atoms with Crippen molar-refractivity contribution >= 4 is 5.91 Å². The first-order valence-electron chi connectivity index (χ1n) is 6.90. The van der Waals surface area contributed by atoms with Gasteiger partial charge in [-0.3, -0.25) is 4.79 Å². The molecule has 1 fully saturated rings. The summed E-state index contributed by atoms with van der Waals surface area (Å²) < 4.78 is 27.4. The summed E-state index contributed by atoms with van der Waals surface area (Å²) in [6.07, 6.45) is 1.70. The number of carbonyl (C=O) groups excluding carboxylic acids is 1. The second kappa shape index (κ2) is 5.87. The van der Waals surface area contributed by atoms with Gasteiger partial charge in [0.25, 0.3) is 0 Å². The molecule has 1 aliphatic heterocycles. The fraction of sp³-hybridized carbons (Fsp3) is 0.533. The number of amides is 1. The van der Waals surface area contributed by atoms with Gasteiger partial charge in [0.05, 0.1) is 11.5 Å². The predicted octanol–water partition coefficient (Wildman–Crippen LogP) is 2.53. The summed E-state index contributed by atoms with van der Waals surface area (Å²) in [6, 6.07) is 3.02. The average Bonchev–Trinajstić information content (AvgIpc) is 2.39. The Morgan fingerprint density at radius 1 is 1.40 bits per heavy atom. The van der Waals surface area contributed by atoms with E-state index in [0.29, 0.717) is 6.54 Å². The lowest BCUT2D eigenvalue weighted by atomic mass is 9.81. The average molecular weight is 282 g/mol. The van der Waals surface area contributed by atoms with Crippen LogP contribution in [0.4, 0.5) is 8.78 Å². The van der Waals surface area contributed by atoms with Crippen molar-refractivity contribution in [2.75, 3.05) is 13.1 Å². The molecule has 1 aromatic carbocycles. The van der Waals surface area contributed by atoms with E-state index in [-0.39, 0.29) is 11.5 Å². The minimum absolute atomic E-state index is 0.0896. The fourth-order valence-corrected chi connectivity index (χ4v) is 2.62. The molecule has 20 heavy (non-hydrogen) atoms. The molecule has 2 atom stereocenters. The first-order chi connectivity index (χ1) is 9.44. The maximum Gasteiger partial charge on any atom is 0.227 e. The lowest BCUT2D eigenvalue weighted by Crippen LogP contribution is -2.49. The van der Waals surface area contributed by atoms with E-state index in [1.54, 1.807) is 6.92 Å².